The van der Waals surface area contributed by atoms with E-state index in [1.165, 1.54) is 24.0 Å². The van der Waals surface area contributed by atoms with Gasteiger partial charge in [-0.25, -0.2) is 9.59 Å². The Balaban J connectivity index is 1.26. The van der Waals surface area contributed by atoms with Crippen LogP contribution in [0.25, 0.3) is 0 Å². The van der Waals surface area contributed by atoms with Gasteiger partial charge in [-0.2, -0.15) is 0 Å². The number of esters is 2. The molecule has 0 heterocycles. The van der Waals surface area contributed by atoms with Crippen LogP contribution in [-0.2, 0) is 22.3 Å². The summed E-state index contributed by atoms with van der Waals surface area (Å²) in [5.41, 5.74) is 2.37. The molecule has 198 valence electrons. The van der Waals surface area contributed by atoms with E-state index < -0.39 is 11.2 Å². The van der Waals surface area contributed by atoms with Gasteiger partial charge in [0.15, 0.2) is 0 Å². The average molecular weight is 511 g/mol. The summed E-state index contributed by atoms with van der Waals surface area (Å²) >= 11 is 0. The van der Waals surface area contributed by atoms with E-state index in [4.69, 9.17) is 9.47 Å². The fourth-order valence-corrected chi connectivity index (χ4v) is 6.21. The summed E-state index contributed by atoms with van der Waals surface area (Å²) < 4.78 is 12.4. The minimum absolute atomic E-state index is 0.324. The lowest BCUT2D eigenvalue weighted by Crippen LogP contribution is -2.40. The molecule has 0 amide bonds. The average Bonchev–Trinajstić information content (AvgIpc) is 2.95. The van der Waals surface area contributed by atoms with Gasteiger partial charge in [-0.15, -0.1) is 0 Å². The molecule has 4 nitrogen and oxygen atoms in total. The summed E-state index contributed by atoms with van der Waals surface area (Å²) in [7, 11) is 0. The minimum atomic E-state index is -0.473. The van der Waals surface area contributed by atoms with Gasteiger partial charge in [0.2, 0.25) is 0 Å². The first-order valence-electron chi connectivity index (χ1n) is 14.2. The van der Waals surface area contributed by atoms with Crippen LogP contribution in [0.15, 0.2) is 84.9 Å². The Morgan fingerprint density at radius 2 is 0.842 bits per heavy atom. The van der Waals surface area contributed by atoms with Crippen LogP contribution in [0.3, 0.4) is 0 Å². The van der Waals surface area contributed by atoms with Gasteiger partial charge < -0.3 is 9.47 Å². The van der Waals surface area contributed by atoms with E-state index >= 15 is 0 Å². The second-order valence-corrected chi connectivity index (χ2v) is 11.2. The summed E-state index contributed by atoms with van der Waals surface area (Å²) in [5, 5.41) is 0. The monoisotopic (exact) mass is 510 g/mol. The molecule has 0 N–H and O–H groups in total. The molecule has 0 aliphatic heterocycles. The van der Waals surface area contributed by atoms with Crippen LogP contribution in [-0.4, -0.2) is 23.1 Å². The van der Waals surface area contributed by atoms with Crippen LogP contribution in [0.4, 0.5) is 0 Å². The van der Waals surface area contributed by atoms with E-state index in [9.17, 15) is 9.59 Å². The predicted molar refractivity (Wildman–Crippen MR) is 149 cm³/mol. The summed E-state index contributed by atoms with van der Waals surface area (Å²) in [6, 6.07) is 27.3. The molecule has 2 fully saturated rings. The molecule has 2 saturated carbocycles. The van der Waals surface area contributed by atoms with Gasteiger partial charge >= 0.3 is 11.9 Å². The zero-order chi connectivity index (χ0) is 26.3. The van der Waals surface area contributed by atoms with Crippen molar-refractivity contribution in [2.24, 2.45) is 0 Å². The highest BCUT2D eigenvalue weighted by Gasteiger charge is 2.38. The molecule has 0 atom stereocenters. The standard InChI is InChI=1S/C34H38O4/c35-31(37-33(21-9-3-10-22-33)25-27-13-5-1-6-14-27)29-17-19-30(20-18-29)32(36)38-34(23-11-4-12-24-34)26-28-15-7-2-8-16-28/h1-2,5-8,13-20H,3-4,9-12,21-26H2. The lowest BCUT2D eigenvalue weighted by molar-refractivity contribution is -0.0387. The van der Waals surface area contributed by atoms with Gasteiger partial charge in [0, 0.05) is 12.8 Å². The third-order valence-electron chi connectivity index (χ3n) is 8.24. The van der Waals surface area contributed by atoms with Crippen molar-refractivity contribution in [1.29, 1.82) is 0 Å². The highest BCUT2D eigenvalue weighted by Crippen LogP contribution is 2.37. The third kappa shape index (κ3) is 6.53. The van der Waals surface area contributed by atoms with Gasteiger partial charge in [-0.3, -0.25) is 0 Å². The topological polar surface area (TPSA) is 52.6 Å². The number of rotatable bonds is 8. The molecule has 3 aromatic carbocycles. The first-order chi connectivity index (χ1) is 18.5. The van der Waals surface area contributed by atoms with Crippen LogP contribution in [0.5, 0.6) is 0 Å². The van der Waals surface area contributed by atoms with Gasteiger partial charge in [0.05, 0.1) is 11.1 Å². The molecule has 2 aliphatic rings. The Morgan fingerprint density at radius 3 is 1.18 bits per heavy atom. The minimum Gasteiger partial charge on any atom is -0.455 e. The smallest absolute Gasteiger partial charge is 0.338 e. The largest absolute Gasteiger partial charge is 0.455 e. The number of ether oxygens (including phenoxy) is 2. The molecule has 0 radical (unpaired) electrons. The molecule has 0 unspecified atom stereocenters. The van der Waals surface area contributed by atoms with Gasteiger partial charge in [0.25, 0.3) is 0 Å². The highest BCUT2D eigenvalue weighted by molar-refractivity contribution is 5.93. The van der Waals surface area contributed by atoms with E-state index in [0.717, 1.165) is 64.2 Å². The first kappa shape index (κ1) is 26.2. The van der Waals surface area contributed by atoms with Crippen molar-refractivity contribution in [2.75, 3.05) is 0 Å². The van der Waals surface area contributed by atoms with Crippen LogP contribution < -0.4 is 0 Å². The lowest BCUT2D eigenvalue weighted by atomic mass is 9.80. The Bertz CT molecular complexity index is 1090. The number of hydrogen-bond donors (Lipinski definition) is 0. The van der Waals surface area contributed by atoms with Crippen LogP contribution in [0.1, 0.15) is 96.1 Å². The number of hydrogen-bond acceptors (Lipinski definition) is 4. The number of carbonyl (C=O) groups excluding carboxylic acids is 2. The van der Waals surface area contributed by atoms with Crippen molar-refractivity contribution in [1.82, 2.24) is 0 Å². The molecule has 2 aliphatic carbocycles. The van der Waals surface area contributed by atoms with Crippen LogP contribution in [0, 0.1) is 0 Å². The molecule has 0 aromatic heterocycles. The summed E-state index contributed by atoms with van der Waals surface area (Å²) in [5.74, 6) is -0.647. The Morgan fingerprint density at radius 1 is 0.500 bits per heavy atom. The second-order valence-electron chi connectivity index (χ2n) is 11.2. The molecular weight excluding hydrogens is 472 g/mol. The van der Waals surface area contributed by atoms with Gasteiger partial charge in [0.1, 0.15) is 11.2 Å². The van der Waals surface area contributed by atoms with Crippen molar-refractivity contribution in [3.05, 3.63) is 107 Å². The second kappa shape index (κ2) is 12.0. The molecule has 3 aromatic rings. The Hall–Kier alpha value is -3.40. The van der Waals surface area contributed by atoms with E-state index in [1.807, 2.05) is 36.4 Å². The molecule has 0 spiro atoms. The molecule has 0 saturated heterocycles. The van der Waals surface area contributed by atoms with E-state index in [1.54, 1.807) is 24.3 Å². The summed E-state index contributed by atoms with van der Waals surface area (Å²) in [6.07, 6.45) is 11.6. The molecule has 0 bridgehead atoms. The summed E-state index contributed by atoms with van der Waals surface area (Å²) in [6.45, 7) is 0. The molecule has 5 rings (SSSR count). The normalized spacial score (nSPS) is 18.3. The van der Waals surface area contributed by atoms with E-state index in [0.29, 0.717) is 11.1 Å². The van der Waals surface area contributed by atoms with E-state index in [-0.39, 0.29) is 11.9 Å². The maximum absolute atomic E-state index is 13.2. The zero-order valence-corrected chi connectivity index (χ0v) is 22.2. The molecule has 4 heteroatoms. The van der Waals surface area contributed by atoms with Crippen molar-refractivity contribution in [2.45, 2.75) is 88.3 Å². The summed E-state index contributed by atoms with van der Waals surface area (Å²) in [4.78, 5) is 26.4. The Labute approximate surface area is 226 Å². The van der Waals surface area contributed by atoms with Crippen molar-refractivity contribution >= 4 is 11.9 Å². The quantitative estimate of drug-likeness (QED) is 0.289. The van der Waals surface area contributed by atoms with Gasteiger partial charge in [-0.05, 0) is 86.8 Å². The maximum atomic E-state index is 13.2. The third-order valence-corrected chi connectivity index (χ3v) is 8.24. The van der Waals surface area contributed by atoms with Crippen LogP contribution >= 0.6 is 0 Å². The van der Waals surface area contributed by atoms with Crippen LogP contribution in [0.2, 0.25) is 0 Å². The van der Waals surface area contributed by atoms with Crippen molar-refractivity contribution in [3.63, 3.8) is 0 Å². The lowest BCUT2D eigenvalue weighted by Gasteiger charge is -2.37. The highest BCUT2D eigenvalue weighted by atomic mass is 16.6. The first-order valence-corrected chi connectivity index (χ1v) is 14.2. The van der Waals surface area contributed by atoms with E-state index in [2.05, 4.69) is 24.3 Å². The number of benzene rings is 3. The van der Waals surface area contributed by atoms with Crippen molar-refractivity contribution in [3.8, 4) is 0 Å². The Kier molecular flexibility index (Phi) is 8.26. The fraction of sp³-hybridized carbons (Fsp3) is 0.412. The fourth-order valence-electron chi connectivity index (χ4n) is 6.21. The SMILES string of the molecule is O=C(OC1(Cc2ccccc2)CCCCC1)c1ccc(C(=O)OC2(Cc3ccccc3)CCCCC2)cc1. The molecular formula is C34H38O4. The van der Waals surface area contributed by atoms with Gasteiger partial charge in [-0.1, -0.05) is 73.5 Å². The zero-order valence-electron chi connectivity index (χ0n) is 22.2. The number of carbonyl (C=O) groups is 2. The van der Waals surface area contributed by atoms with Crippen molar-refractivity contribution < 1.29 is 19.1 Å². The maximum Gasteiger partial charge on any atom is 0.338 e. The predicted octanol–water partition coefficient (Wildman–Crippen LogP) is 7.89. The molecule has 38 heavy (non-hydrogen) atoms.